The van der Waals surface area contributed by atoms with E-state index in [0.717, 1.165) is 37.3 Å². The maximum Gasteiger partial charge on any atom is 0.253 e. The second kappa shape index (κ2) is 4.82. The first-order valence-corrected chi connectivity index (χ1v) is 6.96. The molecule has 3 rings (SSSR count). The maximum absolute atomic E-state index is 12.7. The molecule has 2 heterocycles. The van der Waals surface area contributed by atoms with Crippen molar-refractivity contribution in [3.05, 3.63) is 41.0 Å². The Balaban J connectivity index is 1.94. The molecule has 1 fully saturated rings. The Labute approximate surface area is 114 Å². The minimum absolute atomic E-state index is 0.176. The van der Waals surface area contributed by atoms with Crippen molar-refractivity contribution in [2.45, 2.75) is 20.3 Å². The van der Waals surface area contributed by atoms with Crippen LogP contribution in [0.1, 0.15) is 19.4 Å². The van der Waals surface area contributed by atoms with Crippen LogP contribution in [-0.4, -0.2) is 25.5 Å². The Morgan fingerprint density at radius 1 is 1.32 bits per heavy atom. The Kier molecular flexibility index (Phi) is 3.15. The van der Waals surface area contributed by atoms with Gasteiger partial charge in [-0.05, 0) is 36.5 Å². The lowest BCUT2D eigenvalue weighted by Crippen LogP contribution is -2.42. The van der Waals surface area contributed by atoms with Crippen molar-refractivity contribution in [3.8, 4) is 0 Å². The van der Waals surface area contributed by atoms with Crippen molar-refractivity contribution >= 4 is 11.6 Å². The van der Waals surface area contributed by atoms with Gasteiger partial charge in [0.25, 0.3) is 5.91 Å². The topological polar surface area (TPSA) is 32.3 Å². The lowest BCUT2D eigenvalue weighted by atomic mass is 9.93. The molecule has 1 amide bonds. The lowest BCUT2D eigenvalue weighted by Gasteiger charge is -2.34. The van der Waals surface area contributed by atoms with E-state index in [-0.39, 0.29) is 5.91 Å². The highest BCUT2D eigenvalue weighted by atomic mass is 16.2. The molecule has 0 radical (unpaired) electrons. The zero-order valence-corrected chi connectivity index (χ0v) is 11.6. The molecule has 0 aliphatic carbocycles. The molecule has 3 nitrogen and oxygen atoms in total. The Morgan fingerprint density at radius 2 is 2.05 bits per heavy atom. The number of amides is 1. The van der Waals surface area contributed by atoms with Crippen LogP contribution in [0.15, 0.2) is 35.4 Å². The largest absolute Gasteiger partial charge is 0.309 e. The standard InChI is InChI=1S/C16H20N2O/c1-11-7-13-5-3-4-6-15(13)18(10-11)16(19)12(2)14-8-17-9-14/h3-6,11,17H,7-10H2,1-2H3. The molecule has 2 aliphatic heterocycles. The molecule has 1 aromatic carbocycles. The van der Waals surface area contributed by atoms with Crippen molar-refractivity contribution in [2.75, 3.05) is 24.5 Å². The molecule has 1 N–H and O–H groups in total. The molecule has 2 aliphatic rings. The number of para-hydroxylation sites is 1. The Hall–Kier alpha value is -1.61. The number of benzene rings is 1. The number of carbonyl (C=O) groups excluding carboxylic acids is 1. The van der Waals surface area contributed by atoms with Gasteiger partial charge < -0.3 is 10.2 Å². The first kappa shape index (κ1) is 12.4. The molecule has 19 heavy (non-hydrogen) atoms. The molecule has 1 aromatic rings. The third-order valence-corrected chi connectivity index (χ3v) is 4.12. The molecule has 3 heteroatoms. The first-order valence-electron chi connectivity index (χ1n) is 6.96. The van der Waals surface area contributed by atoms with Crippen LogP contribution >= 0.6 is 0 Å². The van der Waals surface area contributed by atoms with Crippen LogP contribution in [0.4, 0.5) is 5.69 Å². The number of carbonyl (C=O) groups is 1. The van der Waals surface area contributed by atoms with E-state index in [2.05, 4.69) is 30.4 Å². The minimum atomic E-state index is 0.176. The van der Waals surface area contributed by atoms with E-state index in [9.17, 15) is 4.79 Å². The molecular formula is C16H20N2O. The summed E-state index contributed by atoms with van der Waals surface area (Å²) < 4.78 is 0. The second-order valence-corrected chi connectivity index (χ2v) is 5.69. The average Bonchev–Trinajstić information content (AvgIpc) is 2.34. The summed E-state index contributed by atoms with van der Waals surface area (Å²) in [4.78, 5) is 14.6. The average molecular weight is 256 g/mol. The summed E-state index contributed by atoms with van der Waals surface area (Å²) in [6, 6.07) is 8.28. The van der Waals surface area contributed by atoms with E-state index in [1.807, 2.05) is 17.9 Å². The lowest BCUT2D eigenvalue weighted by molar-refractivity contribution is -0.115. The molecule has 1 saturated heterocycles. The Morgan fingerprint density at radius 3 is 2.74 bits per heavy atom. The fourth-order valence-electron chi connectivity index (χ4n) is 2.86. The summed E-state index contributed by atoms with van der Waals surface area (Å²) in [7, 11) is 0. The van der Waals surface area contributed by atoms with Gasteiger partial charge in [0.1, 0.15) is 0 Å². The number of nitrogens with one attached hydrogen (secondary N) is 1. The van der Waals surface area contributed by atoms with E-state index in [4.69, 9.17) is 0 Å². The van der Waals surface area contributed by atoms with Gasteiger partial charge >= 0.3 is 0 Å². The maximum atomic E-state index is 12.7. The van der Waals surface area contributed by atoms with Gasteiger partial charge in [-0.1, -0.05) is 25.1 Å². The van der Waals surface area contributed by atoms with Crippen molar-refractivity contribution < 1.29 is 4.79 Å². The number of fused-ring (bicyclic) bond motifs is 1. The summed E-state index contributed by atoms with van der Waals surface area (Å²) in [5, 5.41) is 3.20. The first-order chi connectivity index (χ1) is 9.16. The summed E-state index contributed by atoms with van der Waals surface area (Å²) >= 11 is 0. The highest BCUT2D eigenvalue weighted by Gasteiger charge is 2.28. The van der Waals surface area contributed by atoms with E-state index in [1.165, 1.54) is 11.1 Å². The highest BCUT2D eigenvalue weighted by Crippen LogP contribution is 2.30. The third-order valence-electron chi connectivity index (χ3n) is 4.12. The monoisotopic (exact) mass is 256 g/mol. The number of rotatable bonds is 1. The van der Waals surface area contributed by atoms with Gasteiger partial charge in [-0.25, -0.2) is 0 Å². The Bertz CT molecular complexity index is 541. The molecule has 1 atom stereocenters. The van der Waals surface area contributed by atoms with E-state index >= 15 is 0 Å². The van der Waals surface area contributed by atoms with Crippen molar-refractivity contribution in [3.63, 3.8) is 0 Å². The minimum Gasteiger partial charge on any atom is -0.309 e. The van der Waals surface area contributed by atoms with Gasteiger partial charge in [0.05, 0.1) is 0 Å². The quantitative estimate of drug-likeness (QED) is 0.781. The molecular weight excluding hydrogens is 236 g/mol. The van der Waals surface area contributed by atoms with Crippen LogP contribution in [0.5, 0.6) is 0 Å². The van der Waals surface area contributed by atoms with E-state index in [1.54, 1.807) is 0 Å². The summed E-state index contributed by atoms with van der Waals surface area (Å²) in [6.45, 7) is 6.73. The summed E-state index contributed by atoms with van der Waals surface area (Å²) in [6.07, 6.45) is 1.07. The molecule has 0 saturated carbocycles. The summed E-state index contributed by atoms with van der Waals surface area (Å²) in [5.41, 5.74) is 4.56. The van der Waals surface area contributed by atoms with Gasteiger partial charge in [-0.3, -0.25) is 4.79 Å². The second-order valence-electron chi connectivity index (χ2n) is 5.69. The van der Waals surface area contributed by atoms with Crippen LogP contribution in [0.25, 0.3) is 0 Å². The molecule has 100 valence electrons. The van der Waals surface area contributed by atoms with Crippen LogP contribution < -0.4 is 10.2 Å². The third kappa shape index (κ3) is 2.19. The molecule has 0 spiro atoms. The van der Waals surface area contributed by atoms with Gasteiger partial charge in [0.2, 0.25) is 0 Å². The van der Waals surface area contributed by atoms with Crippen LogP contribution in [0, 0.1) is 5.92 Å². The SMILES string of the molecule is CC(C(=O)N1CC(C)Cc2ccccc21)=C1CNC1. The smallest absolute Gasteiger partial charge is 0.253 e. The number of hydrogen-bond acceptors (Lipinski definition) is 2. The van der Waals surface area contributed by atoms with E-state index in [0.29, 0.717) is 5.92 Å². The zero-order valence-electron chi connectivity index (χ0n) is 11.6. The van der Waals surface area contributed by atoms with E-state index < -0.39 is 0 Å². The fraction of sp³-hybridized carbons (Fsp3) is 0.438. The molecule has 0 bridgehead atoms. The van der Waals surface area contributed by atoms with Crippen LogP contribution in [0.3, 0.4) is 0 Å². The predicted molar refractivity (Wildman–Crippen MR) is 77.2 cm³/mol. The van der Waals surface area contributed by atoms with Crippen molar-refractivity contribution in [2.24, 2.45) is 5.92 Å². The zero-order chi connectivity index (χ0) is 13.4. The molecule has 1 unspecified atom stereocenters. The fourth-order valence-corrected chi connectivity index (χ4v) is 2.86. The van der Waals surface area contributed by atoms with Crippen molar-refractivity contribution in [1.29, 1.82) is 0 Å². The van der Waals surface area contributed by atoms with Gasteiger partial charge in [0, 0.05) is 30.9 Å². The van der Waals surface area contributed by atoms with Crippen LogP contribution in [0.2, 0.25) is 0 Å². The molecule has 0 aromatic heterocycles. The number of anilines is 1. The number of hydrogen-bond donors (Lipinski definition) is 1. The van der Waals surface area contributed by atoms with Gasteiger partial charge in [-0.15, -0.1) is 0 Å². The normalized spacial score (nSPS) is 21.7. The van der Waals surface area contributed by atoms with Crippen LogP contribution in [-0.2, 0) is 11.2 Å². The summed E-state index contributed by atoms with van der Waals surface area (Å²) in [5.74, 6) is 0.701. The number of nitrogens with zero attached hydrogens (tertiary/aromatic N) is 1. The van der Waals surface area contributed by atoms with Crippen molar-refractivity contribution in [1.82, 2.24) is 5.32 Å². The highest BCUT2D eigenvalue weighted by molar-refractivity contribution is 6.06. The van der Waals surface area contributed by atoms with Gasteiger partial charge in [-0.2, -0.15) is 0 Å². The predicted octanol–water partition coefficient (Wildman–Crippen LogP) is 2.13. The van der Waals surface area contributed by atoms with Gasteiger partial charge in [0.15, 0.2) is 0 Å².